The van der Waals surface area contributed by atoms with E-state index in [2.05, 4.69) is 25.7 Å². The van der Waals surface area contributed by atoms with Crippen LogP contribution in [0, 0.1) is 0 Å². The average molecular weight is 99.2 g/mol. The molecule has 0 aliphatic carbocycles. The Morgan fingerprint density at radius 1 is 1.86 bits per heavy atom. The minimum absolute atomic E-state index is 0.581. The van der Waals surface area contributed by atoms with Gasteiger partial charge in [-0.05, 0) is 19.5 Å². The topological polar surface area (TPSA) is 12.0 Å². The molecule has 0 aliphatic rings. The lowest BCUT2D eigenvalue weighted by Gasteiger charge is -2.05. The number of hydrogen-bond donors (Lipinski definition) is 1. The molecule has 1 atom stereocenters. The van der Waals surface area contributed by atoms with Crippen LogP contribution in [0.4, 0.5) is 0 Å². The van der Waals surface area contributed by atoms with Crippen LogP contribution in [-0.4, -0.2) is 6.04 Å². The third-order valence-electron chi connectivity index (χ3n) is 1.01. The fourth-order valence-corrected chi connectivity index (χ4v) is 0.319. The Labute approximate surface area is 45.4 Å². The molecule has 0 amide bonds. The van der Waals surface area contributed by atoms with Crippen LogP contribution in [0.1, 0.15) is 20.3 Å². The summed E-state index contributed by atoms with van der Waals surface area (Å²) in [6, 6.07) is 0.581. The third kappa shape index (κ3) is 3.37. The lowest BCUT2D eigenvalue weighted by molar-refractivity contribution is 0.620. The van der Waals surface area contributed by atoms with E-state index in [1.807, 2.05) is 0 Å². The van der Waals surface area contributed by atoms with Crippen LogP contribution < -0.4 is 5.32 Å². The van der Waals surface area contributed by atoms with E-state index in [0.717, 1.165) is 6.42 Å². The van der Waals surface area contributed by atoms with Crippen molar-refractivity contribution in [3.05, 3.63) is 12.8 Å². The highest BCUT2D eigenvalue weighted by molar-refractivity contribution is 4.67. The van der Waals surface area contributed by atoms with Gasteiger partial charge in [0, 0.05) is 6.04 Å². The van der Waals surface area contributed by atoms with Gasteiger partial charge in [0.25, 0.3) is 0 Å². The fourth-order valence-electron chi connectivity index (χ4n) is 0.319. The first kappa shape index (κ1) is 6.54. The van der Waals surface area contributed by atoms with E-state index >= 15 is 0 Å². The lowest BCUT2D eigenvalue weighted by Crippen LogP contribution is -2.17. The minimum atomic E-state index is 0.581. The van der Waals surface area contributed by atoms with Gasteiger partial charge in [-0.1, -0.05) is 13.5 Å². The molecule has 0 unspecified atom stereocenters. The maximum absolute atomic E-state index is 3.54. The maximum atomic E-state index is 3.54. The molecule has 0 rings (SSSR count). The molecule has 0 bridgehead atoms. The molecule has 0 radical (unpaired) electrons. The summed E-state index contributed by atoms with van der Waals surface area (Å²) in [5, 5.41) is 3.06. The summed E-state index contributed by atoms with van der Waals surface area (Å²) in [5.41, 5.74) is 0. The predicted octanol–water partition coefficient (Wildman–Crippen LogP) is 1.52. The molecule has 0 saturated heterocycles. The molecule has 0 aromatic heterocycles. The van der Waals surface area contributed by atoms with Gasteiger partial charge < -0.3 is 5.32 Å². The van der Waals surface area contributed by atoms with E-state index in [9.17, 15) is 0 Å². The Bertz CT molecular complexity index is 50.1. The molecule has 0 aliphatic heterocycles. The number of rotatable bonds is 3. The molecule has 42 valence electrons. The quantitative estimate of drug-likeness (QED) is 0.565. The molecule has 0 spiro atoms. The van der Waals surface area contributed by atoms with E-state index < -0.39 is 0 Å². The SMILES string of the molecule is C=CN[C@H](C)CC. The first-order valence-electron chi connectivity index (χ1n) is 2.68. The summed E-state index contributed by atoms with van der Waals surface area (Å²) in [5.74, 6) is 0. The highest BCUT2D eigenvalue weighted by atomic mass is 14.9. The van der Waals surface area contributed by atoms with Gasteiger partial charge in [-0.3, -0.25) is 0 Å². The lowest BCUT2D eigenvalue weighted by atomic mass is 10.3. The Morgan fingerprint density at radius 3 is 2.57 bits per heavy atom. The summed E-state index contributed by atoms with van der Waals surface area (Å²) in [6.07, 6.45) is 2.89. The zero-order valence-corrected chi connectivity index (χ0v) is 5.07. The smallest absolute Gasteiger partial charge is 0.0224 e. The summed E-state index contributed by atoms with van der Waals surface area (Å²) in [6.45, 7) is 7.80. The molecule has 1 N–H and O–H groups in total. The van der Waals surface area contributed by atoms with Gasteiger partial charge in [-0.2, -0.15) is 0 Å². The first-order valence-corrected chi connectivity index (χ1v) is 2.68. The van der Waals surface area contributed by atoms with Gasteiger partial charge in [0.1, 0.15) is 0 Å². The summed E-state index contributed by atoms with van der Waals surface area (Å²) in [4.78, 5) is 0. The van der Waals surface area contributed by atoms with Gasteiger partial charge in [0.15, 0.2) is 0 Å². The van der Waals surface area contributed by atoms with Crippen molar-refractivity contribution >= 4 is 0 Å². The van der Waals surface area contributed by atoms with E-state index in [-0.39, 0.29) is 0 Å². The number of hydrogen-bond acceptors (Lipinski definition) is 1. The zero-order valence-electron chi connectivity index (χ0n) is 5.07. The van der Waals surface area contributed by atoms with Gasteiger partial charge in [-0.25, -0.2) is 0 Å². The molecule has 1 nitrogen and oxygen atoms in total. The second-order valence-electron chi connectivity index (χ2n) is 1.68. The van der Waals surface area contributed by atoms with Crippen LogP contribution in [0.15, 0.2) is 12.8 Å². The second kappa shape index (κ2) is 3.72. The van der Waals surface area contributed by atoms with Crippen molar-refractivity contribution in [3.8, 4) is 0 Å². The van der Waals surface area contributed by atoms with Gasteiger partial charge in [0.05, 0.1) is 0 Å². The van der Waals surface area contributed by atoms with Gasteiger partial charge in [0.2, 0.25) is 0 Å². The van der Waals surface area contributed by atoms with Crippen molar-refractivity contribution in [2.75, 3.05) is 0 Å². The van der Waals surface area contributed by atoms with Crippen molar-refractivity contribution in [2.45, 2.75) is 26.3 Å². The second-order valence-corrected chi connectivity index (χ2v) is 1.68. The third-order valence-corrected chi connectivity index (χ3v) is 1.01. The van der Waals surface area contributed by atoms with E-state index in [1.165, 1.54) is 0 Å². The van der Waals surface area contributed by atoms with E-state index in [4.69, 9.17) is 0 Å². The van der Waals surface area contributed by atoms with Gasteiger partial charge >= 0.3 is 0 Å². The molecule has 0 aromatic carbocycles. The standard InChI is InChI=1S/C6H13N/c1-4-6(3)7-5-2/h5-7H,2,4H2,1,3H3/t6-/m1/s1. The minimum Gasteiger partial charge on any atom is -0.389 e. The van der Waals surface area contributed by atoms with Crippen molar-refractivity contribution in [3.63, 3.8) is 0 Å². The Balaban J connectivity index is 2.98. The van der Waals surface area contributed by atoms with Crippen LogP contribution in [0.25, 0.3) is 0 Å². The Morgan fingerprint density at radius 2 is 2.43 bits per heavy atom. The van der Waals surface area contributed by atoms with E-state index in [1.54, 1.807) is 6.20 Å². The van der Waals surface area contributed by atoms with Crippen molar-refractivity contribution in [1.29, 1.82) is 0 Å². The normalized spacial score (nSPS) is 12.9. The highest BCUT2D eigenvalue weighted by Gasteiger charge is 1.87. The van der Waals surface area contributed by atoms with Crippen molar-refractivity contribution in [2.24, 2.45) is 0 Å². The van der Waals surface area contributed by atoms with E-state index in [0.29, 0.717) is 6.04 Å². The zero-order chi connectivity index (χ0) is 5.70. The molecule has 0 heterocycles. The Kier molecular flexibility index (Phi) is 3.48. The number of nitrogens with one attached hydrogen (secondary N) is 1. The monoisotopic (exact) mass is 99.1 g/mol. The molecule has 0 fully saturated rings. The molecular weight excluding hydrogens is 86.1 g/mol. The average Bonchev–Trinajstić information content (AvgIpc) is 1.68. The molecule has 0 aromatic rings. The molecule has 0 saturated carbocycles. The summed E-state index contributed by atoms with van der Waals surface area (Å²) >= 11 is 0. The molecule has 1 heteroatoms. The maximum Gasteiger partial charge on any atom is 0.0224 e. The fraction of sp³-hybridized carbons (Fsp3) is 0.667. The molecular formula is C6H13N. The van der Waals surface area contributed by atoms with Crippen LogP contribution in [-0.2, 0) is 0 Å². The van der Waals surface area contributed by atoms with Crippen LogP contribution in [0.2, 0.25) is 0 Å². The largest absolute Gasteiger partial charge is 0.389 e. The van der Waals surface area contributed by atoms with Crippen LogP contribution in [0.3, 0.4) is 0 Å². The van der Waals surface area contributed by atoms with Gasteiger partial charge in [-0.15, -0.1) is 0 Å². The Hall–Kier alpha value is -0.460. The van der Waals surface area contributed by atoms with Crippen LogP contribution in [0.5, 0.6) is 0 Å². The van der Waals surface area contributed by atoms with Crippen LogP contribution >= 0.6 is 0 Å². The summed E-state index contributed by atoms with van der Waals surface area (Å²) in [7, 11) is 0. The van der Waals surface area contributed by atoms with Crippen molar-refractivity contribution < 1.29 is 0 Å². The van der Waals surface area contributed by atoms with Crippen molar-refractivity contribution in [1.82, 2.24) is 5.32 Å². The predicted molar refractivity (Wildman–Crippen MR) is 33.1 cm³/mol. The molecule has 7 heavy (non-hydrogen) atoms. The summed E-state index contributed by atoms with van der Waals surface area (Å²) < 4.78 is 0. The highest BCUT2D eigenvalue weighted by Crippen LogP contribution is 1.84. The first-order chi connectivity index (χ1) is 3.31.